The zero-order chi connectivity index (χ0) is 16.8. The molecule has 1 aromatic carbocycles. The fraction of sp³-hybridized carbons (Fsp3) is 0.611. The van der Waals surface area contributed by atoms with Gasteiger partial charge in [-0.3, -0.25) is 9.69 Å². The van der Waals surface area contributed by atoms with Crippen molar-refractivity contribution in [3.8, 4) is 0 Å². The Labute approximate surface area is 153 Å². The molecule has 2 saturated heterocycles. The Kier molecular flexibility index (Phi) is 6.75. The smallest absolute Gasteiger partial charge is 0.230 e. The highest BCUT2D eigenvalue weighted by Crippen LogP contribution is 2.23. The van der Waals surface area contributed by atoms with Crippen LogP contribution in [-0.4, -0.2) is 60.9 Å². The summed E-state index contributed by atoms with van der Waals surface area (Å²) >= 11 is 3.56. The van der Waals surface area contributed by atoms with Crippen LogP contribution in [0.5, 0.6) is 0 Å². The van der Waals surface area contributed by atoms with Gasteiger partial charge in [-0.1, -0.05) is 6.07 Å². The Morgan fingerprint density at radius 2 is 2.08 bits per heavy atom. The number of thioether (sulfide) groups is 2. The van der Waals surface area contributed by atoms with Crippen molar-refractivity contribution in [1.82, 2.24) is 10.2 Å². The van der Waals surface area contributed by atoms with Gasteiger partial charge in [-0.25, -0.2) is 0 Å². The van der Waals surface area contributed by atoms with E-state index in [9.17, 15) is 4.79 Å². The first-order valence-electron chi connectivity index (χ1n) is 8.77. The lowest BCUT2D eigenvalue weighted by atomic mass is 10.2. The SMILES string of the molecule is CSc1cccc(N2CCN(CCCCC3NC(=O)CS3)CC2)c1. The van der Waals surface area contributed by atoms with Crippen molar-refractivity contribution in [3.63, 3.8) is 0 Å². The minimum atomic E-state index is 0.201. The van der Waals surface area contributed by atoms with E-state index in [-0.39, 0.29) is 5.91 Å². The van der Waals surface area contributed by atoms with E-state index < -0.39 is 0 Å². The fourth-order valence-corrected chi connectivity index (χ4v) is 4.73. The molecule has 1 N–H and O–H groups in total. The fourth-order valence-electron chi connectivity index (χ4n) is 3.30. The molecule has 24 heavy (non-hydrogen) atoms. The van der Waals surface area contributed by atoms with E-state index in [1.807, 2.05) is 0 Å². The maximum atomic E-state index is 11.2. The van der Waals surface area contributed by atoms with Gasteiger partial charge in [-0.05, 0) is 50.3 Å². The van der Waals surface area contributed by atoms with Crippen LogP contribution in [0.15, 0.2) is 29.2 Å². The van der Waals surface area contributed by atoms with Gasteiger partial charge in [0.05, 0.1) is 11.1 Å². The highest BCUT2D eigenvalue weighted by atomic mass is 32.2. The van der Waals surface area contributed by atoms with Crippen molar-refractivity contribution in [2.45, 2.75) is 29.5 Å². The monoisotopic (exact) mass is 365 g/mol. The Balaban J connectivity index is 1.34. The number of amides is 1. The molecule has 1 amide bonds. The van der Waals surface area contributed by atoms with Crippen LogP contribution in [-0.2, 0) is 4.79 Å². The summed E-state index contributed by atoms with van der Waals surface area (Å²) in [6, 6.07) is 8.86. The van der Waals surface area contributed by atoms with E-state index in [2.05, 4.69) is 45.6 Å². The number of nitrogens with zero attached hydrogens (tertiary/aromatic N) is 2. The second-order valence-corrected chi connectivity index (χ2v) is 8.46. The molecule has 3 rings (SSSR count). The molecule has 0 aromatic heterocycles. The van der Waals surface area contributed by atoms with Gasteiger partial charge in [-0.2, -0.15) is 0 Å². The van der Waals surface area contributed by atoms with Crippen LogP contribution >= 0.6 is 23.5 Å². The van der Waals surface area contributed by atoms with Crippen molar-refractivity contribution in [2.24, 2.45) is 0 Å². The standard InChI is InChI=1S/C18H27N3OS2/c1-23-16-6-4-5-15(13-16)21-11-9-20(10-12-21)8-3-2-7-18-19-17(22)14-24-18/h4-6,13,18H,2-3,7-12,14H2,1H3,(H,19,22). The number of benzene rings is 1. The van der Waals surface area contributed by atoms with Crippen LogP contribution in [0.3, 0.4) is 0 Å². The van der Waals surface area contributed by atoms with E-state index in [0.29, 0.717) is 11.1 Å². The molecule has 1 unspecified atom stereocenters. The third-order valence-electron chi connectivity index (χ3n) is 4.72. The topological polar surface area (TPSA) is 35.6 Å². The molecule has 6 heteroatoms. The van der Waals surface area contributed by atoms with Crippen molar-refractivity contribution in [2.75, 3.05) is 49.6 Å². The third kappa shape index (κ3) is 5.07. The predicted octanol–water partition coefficient (Wildman–Crippen LogP) is 2.89. The lowest BCUT2D eigenvalue weighted by Crippen LogP contribution is -2.46. The Morgan fingerprint density at radius 3 is 2.79 bits per heavy atom. The first-order chi connectivity index (χ1) is 11.7. The summed E-state index contributed by atoms with van der Waals surface area (Å²) in [7, 11) is 0. The summed E-state index contributed by atoms with van der Waals surface area (Å²) in [6.45, 7) is 5.72. The number of carbonyl (C=O) groups is 1. The molecule has 2 aliphatic rings. The number of rotatable bonds is 7. The van der Waals surface area contributed by atoms with E-state index in [0.717, 1.165) is 32.6 Å². The molecule has 4 nitrogen and oxygen atoms in total. The number of nitrogens with one attached hydrogen (secondary N) is 1. The summed E-state index contributed by atoms with van der Waals surface area (Å²) in [6.07, 6.45) is 5.67. The van der Waals surface area contributed by atoms with Gasteiger partial charge in [0, 0.05) is 36.8 Å². The van der Waals surface area contributed by atoms with Gasteiger partial charge in [0.25, 0.3) is 0 Å². The van der Waals surface area contributed by atoms with E-state index in [1.165, 1.54) is 30.0 Å². The Hall–Kier alpha value is -0.850. The largest absolute Gasteiger partial charge is 0.369 e. The van der Waals surface area contributed by atoms with Gasteiger partial charge >= 0.3 is 0 Å². The summed E-state index contributed by atoms with van der Waals surface area (Å²) in [5.41, 5.74) is 1.36. The molecule has 2 aliphatic heterocycles. The van der Waals surface area contributed by atoms with Gasteiger partial charge in [0.15, 0.2) is 0 Å². The molecule has 0 saturated carbocycles. The molecule has 0 spiro atoms. The molecule has 2 heterocycles. The highest BCUT2D eigenvalue weighted by Gasteiger charge is 2.21. The Bertz CT molecular complexity index is 547. The van der Waals surface area contributed by atoms with Gasteiger partial charge in [0.2, 0.25) is 5.91 Å². The van der Waals surface area contributed by atoms with Crippen molar-refractivity contribution in [3.05, 3.63) is 24.3 Å². The van der Waals surface area contributed by atoms with Gasteiger partial charge in [0.1, 0.15) is 0 Å². The number of hydrogen-bond acceptors (Lipinski definition) is 5. The second kappa shape index (κ2) is 9.02. The van der Waals surface area contributed by atoms with Gasteiger partial charge in [-0.15, -0.1) is 23.5 Å². The summed E-state index contributed by atoms with van der Waals surface area (Å²) in [5.74, 6) is 0.844. The molecule has 0 bridgehead atoms. The van der Waals surface area contributed by atoms with E-state index >= 15 is 0 Å². The van der Waals surface area contributed by atoms with Crippen molar-refractivity contribution >= 4 is 35.1 Å². The number of hydrogen-bond donors (Lipinski definition) is 1. The average Bonchev–Trinajstić information content (AvgIpc) is 3.04. The van der Waals surface area contributed by atoms with Crippen LogP contribution < -0.4 is 10.2 Å². The number of unbranched alkanes of at least 4 members (excludes halogenated alkanes) is 1. The minimum absolute atomic E-state index is 0.201. The molecule has 1 aromatic rings. The van der Waals surface area contributed by atoms with Crippen molar-refractivity contribution < 1.29 is 4.79 Å². The first kappa shape index (κ1) is 18.0. The third-order valence-corrected chi connectivity index (χ3v) is 6.63. The molecule has 0 aliphatic carbocycles. The number of piperazine rings is 1. The van der Waals surface area contributed by atoms with Crippen LogP contribution in [0.1, 0.15) is 19.3 Å². The molecular formula is C18H27N3OS2. The van der Waals surface area contributed by atoms with Gasteiger partial charge < -0.3 is 10.2 Å². The molecule has 132 valence electrons. The van der Waals surface area contributed by atoms with Crippen LogP contribution in [0, 0.1) is 0 Å². The number of carbonyl (C=O) groups excluding carboxylic acids is 1. The van der Waals surface area contributed by atoms with Crippen molar-refractivity contribution in [1.29, 1.82) is 0 Å². The number of anilines is 1. The molecule has 2 fully saturated rings. The normalized spacial score (nSPS) is 22.0. The highest BCUT2D eigenvalue weighted by molar-refractivity contribution is 8.01. The first-order valence-corrected chi connectivity index (χ1v) is 11.0. The lowest BCUT2D eigenvalue weighted by molar-refractivity contribution is -0.118. The zero-order valence-electron chi connectivity index (χ0n) is 14.4. The minimum Gasteiger partial charge on any atom is -0.369 e. The zero-order valence-corrected chi connectivity index (χ0v) is 16.0. The average molecular weight is 366 g/mol. The quantitative estimate of drug-likeness (QED) is 0.594. The molecule has 0 radical (unpaired) electrons. The molecular weight excluding hydrogens is 338 g/mol. The van der Waals surface area contributed by atoms with E-state index in [1.54, 1.807) is 23.5 Å². The lowest BCUT2D eigenvalue weighted by Gasteiger charge is -2.36. The summed E-state index contributed by atoms with van der Waals surface area (Å²) < 4.78 is 0. The van der Waals surface area contributed by atoms with E-state index in [4.69, 9.17) is 0 Å². The van der Waals surface area contributed by atoms with Crippen LogP contribution in [0.2, 0.25) is 0 Å². The predicted molar refractivity (Wildman–Crippen MR) is 105 cm³/mol. The maximum absolute atomic E-state index is 11.2. The van der Waals surface area contributed by atoms with Crippen LogP contribution in [0.4, 0.5) is 5.69 Å². The summed E-state index contributed by atoms with van der Waals surface area (Å²) in [5, 5.41) is 3.39. The second-order valence-electron chi connectivity index (χ2n) is 6.39. The van der Waals surface area contributed by atoms with Crippen LogP contribution in [0.25, 0.3) is 0 Å². The maximum Gasteiger partial charge on any atom is 0.230 e. The summed E-state index contributed by atoms with van der Waals surface area (Å²) in [4.78, 5) is 17.6. The molecule has 1 atom stereocenters. The Morgan fingerprint density at radius 1 is 1.25 bits per heavy atom.